The van der Waals surface area contributed by atoms with Crippen LogP contribution >= 0.6 is 0 Å². The van der Waals surface area contributed by atoms with Crippen molar-refractivity contribution in [1.29, 1.82) is 0 Å². The minimum Gasteiger partial charge on any atom is -0.507 e. The lowest BCUT2D eigenvalue weighted by molar-refractivity contribution is -0.141. The molecule has 2 unspecified atom stereocenters. The van der Waals surface area contributed by atoms with Gasteiger partial charge in [-0.2, -0.15) is 0 Å². The predicted octanol–water partition coefficient (Wildman–Crippen LogP) is 1.44. The van der Waals surface area contributed by atoms with E-state index in [0.717, 1.165) is 5.56 Å². The summed E-state index contributed by atoms with van der Waals surface area (Å²) in [5.74, 6) is -0.381. The zero-order valence-corrected chi connectivity index (χ0v) is 10.4. The molecule has 0 bridgehead atoms. The first kappa shape index (κ1) is 12.7. The van der Waals surface area contributed by atoms with Gasteiger partial charge < -0.3 is 20.3 Å². The van der Waals surface area contributed by atoms with Crippen molar-refractivity contribution in [2.24, 2.45) is 5.92 Å². The van der Waals surface area contributed by atoms with E-state index in [2.05, 4.69) is 5.32 Å². The average Bonchev–Trinajstić information content (AvgIpc) is 2.82. The van der Waals surface area contributed by atoms with Crippen molar-refractivity contribution in [3.63, 3.8) is 0 Å². The predicted molar refractivity (Wildman–Crippen MR) is 65.9 cm³/mol. The molecule has 18 heavy (non-hydrogen) atoms. The number of carboxylic acids is 1. The van der Waals surface area contributed by atoms with Gasteiger partial charge in [0, 0.05) is 23.7 Å². The van der Waals surface area contributed by atoms with Crippen LogP contribution in [0.1, 0.15) is 23.6 Å². The fourth-order valence-electron chi connectivity index (χ4n) is 2.37. The summed E-state index contributed by atoms with van der Waals surface area (Å²) >= 11 is 0. The summed E-state index contributed by atoms with van der Waals surface area (Å²) in [6, 6.07) is 3.46. The first-order chi connectivity index (χ1) is 8.54. The first-order valence-corrected chi connectivity index (χ1v) is 5.87. The molecule has 1 saturated heterocycles. The number of aliphatic carboxylic acids is 1. The summed E-state index contributed by atoms with van der Waals surface area (Å²) in [7, 11) is 1.55. The van der Waals surface area contributed by atoms with Crippen LogP contribution in [0.3, 0.4) is 0 Å². The Bertz CT molecular complexity index is 472. The lowest BCUT2D eigenvalue weighted by Gasteiger charge is -2.16. The Labute approximate surface area is 105 Å². The van der Waals surface area contributed by atoms with Gasteiger partial charge in [-0.25, -0.2) is 0 Å². The number of nitrogens with one attached hydrogen (secondary N) is 1. The van der Waals surface area contributed by atoms with E-state index in [1.807, 2.05) is 0 Å². The van der Waals surface area contributed by atoms with Crippen molar-refractivity contribution < 1.29 is 19.7 Å². The minimum absolute atomic E-state index is 0.115. The van der Waals surface area contributed by atoms with E-state index in [0.29, 0.717) is 24.3 Å². The zero-order valence-electron chi connectivity index (χ0n) is 10.4. The third kappa shape index (κ3) is 2.13. The summed E-state index contributed by atoms with van der Waals surface area (Å²) < 4.78 is 5.13. The quantitative estimate of drug-likeness (QED) is 0.757. The topological polar surface area (TPSA) is 78.8 Å². The summed E-state index contributed by atoms with van der Waals surface area (Å²) in [5, 5.41) is 22.2. The van der Waals surface area contributed by atoms with Gasteiger partial charge in [-0.15, -0.1) is 0 Å². The molecule has 0 saturated carbocycles. The van der Waals surface area contributed by atoms with Gasteiger partial charge in [0.2, 0.25) is 0 Å². The number of phenolic OH excluding ortho intramolecular Hbond substituents is 1. The Kier molecular flexibility index (Phi) is 3.43. The maximum absolute atomic E-state index is 10.9. The molecule has 0 spiro atoms. The fourth-order valence-corrected chi connectivity index (χ4v) is 2.37. The Morgan fingerprint density at radius 2 is 2.22 bits per heavy atom. The lowest BCUT2D eigenvalue weighted by Crippen LogP contribution is -2.17. The average molecular weight is 251 g/mol. The molecule has 98 valence electrons. The number of methoxy groups -OCH3 is 1. The highest BCUT2D eigenvalue weighted by Crippen LogP contribution is 2.37. The molecule has 0 amide bonds. The second kappa shape index (κ2) is 4.86. The highest BCUT2D eigenvalue weighted by atomic mass is 16.5. The van der Waals surface area contributed by atoms with Crippen LogP contribution in [0.2, 0.25) is 0 Å². The van der Waals surface area contributed by atoms with Crippen molar-refractivity contribution in [3.8, 4) is 11.5 Å². The van der Waals surface area contributed by atoms with E-state index in [9.17, 15) is 9.90 Å². The maximum atomic E-state index is 10.9. The van der Waals surface area contributed by atoms with Crippen molar-refractivity contribution in [1.82, 2.24) is 5.32 Å². The number of ether oxygens (including phenoxy) is 1. The Balaban J connectivity index is 2.25. The second-order valence-electron chi connectivity index (χ2n) is 4.56. The van der Waals surface area contributed by atoms with Gasteiger partial charge >= 0.3 is 5.97 Å². The standard InChI is InChI=1S/C13H17NO4/c1-7-11(18-2)4-3-9(12(7)15)10-5-8(6-14-10)13(16)17/h3-4,8,10,14-15H,5-6H2,1-2H3,(H,16,17). The number of hydrogen-bond acceptors (Lipinski definition) is 4. The SMILES string of the molecule is COc1ccc(C2CC(C(=O)O)CN2)c(O)c1C. The van der Waals surface area contributed by atoms with E-state index in [1.54, 1.807) is 26.2 Å². The smallest absolute Gasteiger partial charge is 0.307 e. The molecule has 0 radical (unpaired) electrons. The van der Waals surface area contributed by atoms with Gasteiger partial charge in [0.1, 0.15) is 11.5 Å². The van der Waals surface area contributed by atoms with Crippen molar-refractivity contribution in [3.05, 3.63) is 23.3 Å². The highest BCUT2D eigenvalue weighted by Gasteiger charge is 2.31. The van der Waals surface area contributed by atoms with Crippen LogP contribution in [-0.2, 0) is 4.79 Å². The summed E-state index contributed by atoms with van der Waals surface area (Å²) in [4.78, 5) is 10.9. The van der Waals surface area contributed by atoms with Crippen LogP contribution in [0.5, 0.6) is 11.5 Å². The number of carbonyl (C=O) groups is 1. The molecule has 2 rings (SSSR count). The third-order valence-corrected chi connectivity index (χ3v) is 3.49. The van der Waals surface area contributed by atoms with Crippen LogP contribution in [0.4, 0.5) is 0 Å². The molecule has 1 aromatic carbocycles. The molecule has 1 aliphatic heterocycles. The van der Waals surface area contributed by atoms with Crippen LogP contribution in [0, 0.1) is 12.8 Å². The van der Waals surface area contributed by atoms with Gasteiger partial charge in [-0.1, -0.05) is 6.07 Å². The van der Waals surface area contributed by atoms with Gasteiger partial charge in [0.15, 0.2) is 0 Å². The lowest BCUT2D eigenvalue weighted by atomic mass is 9.97. The third-order valence-electron chi connectivity index (χ3n) is 3.49. The van der Waals surface area contributed by atoms with Crippen LogP contribution in [-0.4, -0.2) is 29.8 Å². The summed E-state index contributed by atoms with van der Waals surface area (Å²) in [6.07, 6.45) is 0.495. The number of rotatable bonds is 3. The largest absolute Gasteiger partial charge is 0.507 e. The molecule has 1 aliphatic rings. The molecule has 2 atom stereocenters. The van der Waals surface area contributed by atoms with Crippen molar-refractivity contribution in [2.45, 2.75) is 19.4 Å². The molecular formula is C13H17NO4. The molecule has 3 N–H and O–H groups in total. The Morgan fingerprint density at radius 1 is 1.50 bits per heavy atom. The molecule has 5 heteroatoms. The number of phenols is 1. The normalized spacial score (nSPS) is 23.0. The van der Waals surface area contributed by atoms with E-state index in [-0.39, 0.29) is 11.8 Å². The van der Waals surface area contributed by atoms with E-state index in [1.165, 1.54) is 0 Å². The van der Waals surface area contributed by atoms with Crippen LogP contribution < -0.4 is 10.1 Å². The second-order valence-corrected chi connectivity index (χ2v) is 4.56. The molecule has 1 fully saturated rings. The van der Waals surface area contributed by atoms with Crippen molar-refractivity contribution in [2.75, 3.05) is 13.7 Å². The Hall–Kier alpha value is -1.75. The Morgan fingerprint density at radius 3 is 2.78 bits per heavy atom. The van der Waals surface area contributed by atoms with E-state index < -0.39 is 11.9 Å². The molecule has 1 heterocycles. The molecule has 1 aromatic rings. The van der Waals surface area contributed by atoms with Gasteiger partial charge in [-0.3, -0.25) is 4.79 Å². The molecular weight excluding hydrogens is 234 g/mol. The monoisotopic (exact) mass is 251 g/mol. The number of benzene rings is 1. The van der Waals surface area contributed by atoms with Gasteiger partial charge in [-0.05, 0) is 19.4 Å². The molecule has 0 aliphatic carbocycles. The number of carboxylic acid groups (broad SMARTS) is 1. The fraction of sp³-hybridized carbons (Fsp3) is 0.462. The highest BCUT2D eigenvalue weighted by molar-refractivity contribution is 5.71. The molecule has 5 nitrogen and oxygen atoms in total. The van der Waals surface area contributed by atoms with E-state index >= 15 is 0 Å². The van der Waals surface area contributed by atoms with Gasteiger partial charge in [0.25, 0.3) is 0 Å². The molecule has 0 aromatic heterocycles. The maximum Gasteiger partial charge on any atom is 0.307 e. The van der Waals surface area contributed by atoms with Crippen molar-refractivity contribution >= 4 is 5.97 Å². The summed E-state index contributed by atoms with van der Waals surface area (Å²) in [6.45, 7) is 2.21. The zero-order chi connectivity index (χ0) is 13.3. The van der Waals surface area contributed by atoms with Crippen LogP contribution in [0.15, 0.2) is 12.1 Å². The number of hydrogen-bond donors (Lipinski definition) is 3. The van der Waals surface area contributed by atoms with Gasteiger partial charge in [0.05, 0.1) is 13.0 Å². The minimum atomic E-state index is -0.797. The van der Waals surface area contributed by atoms with E-state index in [4.69, 9.17) is 9.84 Å². The van der Waals surface area contributed by atoms with Crippen LogP contribution in [0.25, 0.3) is 0 Å². The number of aromatic hydroxyl groups is 1. The first-order valence-electron chi connectivity index (χ1n) is 5.87. The summed E-state index contributed by atoms with van der Waals surface area (Å²) in [5.41, 5.74) is 1.41.